The maximum Gasteiger partial charge on any atom is 0.326 e. The van der Waals surface area contributed by atoms with E-state index in [0.29, 0.717) is 19.6 Å². The largest absolute Gasteiger partial charge is 0.480 e. The average molecular weight is 277 g/mol. The van der Waals surface area contributed by atoms with E-state index in [4.69, 9.17) is 9.84 Å². The van der Waals surface area contributed by atoms with Crippen LogP contribution in [0.4, 0.5) is 0 Å². The summed E-state index contributed by atoms with van der Waals surface area (Å²) in [5.41, 5.74) is 0.989. The molecule has 0 aliphatic carbocycles. The van der Waals surface area contributed by atoms with E-state index in [1.807, 2.05) is 30.3 Å². The van der Waals surface area contributed by atoms with Gasteiger partial charge in [-0.05, 0) is 25.3 Å². The second-order valence-corrected chi connectivity index (χ2v) is 4.97. The molecule has 1 aromatic carbocycles. The Morgan fingerprint density at radius 1 is 1.40 bits per heavy atom. The summed E-state index contributed by atoms with van der Waals surface area (Å²) >= 11 is 0. The molecular formula is C15H19NO4. The number of hydrogen-bond acceptors (Lipinski definition) is 3. The number of amides is 1. The first kappa shape index (κ1) is 14.5. The third kappa shape index (κ3) is 3.36. The van der Waals surface area contributed by atoms with Gasteiger partial charge in [0, 0.05) is 6.54 Å². The van der Waals surface area contributed by atoms with Crippen molar-refractivity contribution in [2.24, 2.45) is 0 Å². The van der Waals surface area contributed by atoms with Crippen molar-refractivity contribution in [1.29, 1.82) is 0 Å². The van der Waals surface area contributed by atoms with Crippen LogP contribution in [-0.2, 0) is 20.9 Å². The van der Waals surface area contributed by atoms with Crippen LogP contribution in [-0.4, -0.2) is 40.6 Å². The Kier molecular flexibility index (Phi) is 4.74. The normalized spacial score (nSPS) is 19.9. The van der Waals surface area contributed by atoms with Crippen molar-refractivity contribution in [2.75, 3.05) is 6.54 Å². The molecule has 5 nitrogen and oxygen atoms in total. The molecule has 5 heteroatoms. The number of carboxylic acid groups (broad SMARTS) is 1. The topological polar surface area (TPSA) is 66.8 Å². The maximum atomic E-state index is 12.2. The van der Waals surface area contributed by atoms with Crippen LogP contribution in [0.2, 0.25) is 0 Å². The summed E-state index contributed by atoms with van der Waals surface area (Å²) in [6.45, 7) is 2.51. The second kappa shape index (κ2) is 6.52. The number of ether oxygens (including phenoxy) is 1. The fourth-order valence-corrected chi connectivity index (χ4v) is 2.39. The van der Waals surface area contributed by atoms with Crippen LogP contribution in [0, 0.1) is 0 Å². The van der Waals surface area contributed by atoms with Crippen molar-refractivity contribution in [1.82, 2.24) is 4.90 Å². The lowest BCUT2D eigenvalue weighted by molar-refractivity contribution is -0.153. The third-order valence-electron chi connectivity index (χ3n) is 3.51. The Balaban J connectivity index is 1.90. The molecule has 0 saturated carbocycles. The molecule has 1 N–H and O–H groups in total. The Bertz CT molecular complexity index is 474. The lowest BCUT2D eigenvalue weighted by Crippen LogP contribution is -2.45. The highest BCUT2D eigenvalue weighted by molar-refractivity contribution is 5.86. The van der Waals surface area contributed by atoms with Crippen molar-refractivity contribution in [3.05, 3.63) is 35.9 Å². The minimum Gasteiger partial charge on any atom is -0.480 e. The SMILES string of the molecule is C[C@@H](OCc1ccccc1)C(=O)N1CCCC1C(=O)O. The molecule has 1 amide bonds. The Morgan fingerprint density at radius 3 is 2.75 bits per heavy atom. The van der Waals surface area contributed by atoms with Gasteiger partial charge in [-0.25, -0.2) is 4.79 Å². The number of carbonyl (C=O) groups is 2. The lowest BCUT2D eigenvalue weighted by Gasteiger charge is -2.24. The molecule has 0 radical (unpaired) electrons. The molecule has 0 aromatic heterocycles. The summed E-state index contributed by atoms with van der Waals surface area (Å²) in [4.78, 5) is 24.7. The standard InChI is InChI=1S/C15H19NO4/c1-11(20-10-12-6-3-2-4-7-12)14(17)16-9-5-8-13(16)15(18)19/h2-4,6-7,11,13H,5,8-10H2,1H3,(H,18,19)/t11-,13?/m1/s1. The number of carboxylic acids is 1. The van der Waals surface area contributed by atoms with E-state index in [2.05, 4.69) is 0 Å². The van der Waals surface area contributed by atoms with Crippen LogP contribution in [0.15, 0.2) is 30.3 Å². The van der Waals surface area contributed by atoms with Gasteiger partial charge < -0.3 is 14.7 Å². The van der Waals surface area contributed by atoms with Gasteiger partial charge in [0.05, 0.1) is 6.61 Å². The van der Waals surface area contributed by atoms with E-state index in [-0.39, 0.29) is 5.91 Å². The number of likely N-dealkylation sites (tertiary alicyclic amines) is 1. The van der Waals surface area contributed by atoms with Gasteiger partial charge in [0.1, 0.15) is 12.1 Å². The maximum absolute atomic E-state index is 12.2. The summed E-state index contributed by atoms with van der Waals surface area (Å²) in [5, 5.41) is 9.09. The molecule has 1 fully saturated rings. The Labute approximate surface area is 118 Å². The number of carbonyl (C=O) groups excluding carboxylic acids is 1. The van der Waals surface area contributed by atoms with Crippen molar-refractivity contribution in [2.45, 2.75) is 38.5 Å². The summed E-state index contributed by atoms with van der Waals surface area (Å²) in [6, 6.07) is 8.88. The van der Waals surface area contributed by atoms with E-state index < -0.39 is 18.1 Å². The number of aliphatic carboxylic acids is 1. The predicted molar refractivity (Wildman–Crippen MR) is 73.1 cm³/mol. The molecule has 1 aliphatic rings. The van der Waals surface area contributed by atoms with Crippen molar-refractivity contribution in [3.8, 4) is 0 Å². The highest BCUT2D eigenvalue weighted by atomic mass is 16.5. The summed E-state index contributed by atoms with van der Waals surface area (Å²) in [7, 11) is 0. The number of rotatable bonds is 5. The third-order valence-corrected chi connectivity index (χ3v) is 3.51. The quantitative estimate of drug-likeness (QED) is 0.889. The van der Waals surface area contributed by atoms with Crippen LogP contribution in [0.5, 0.6) is 0 Å². The van der Waals surface area contributed by atoms with Gasteiger partial charge in [0.25, 0.3) is 5.91 Å². The first-order valence-corrected chi connectivity index (χ1v) is 6.78. The minimum absolute atomic E-state index is 0.245. The first-order valence-electron chi connectivity index (χ1n) is 6.78. The molecule has 0 spiro atoms. The summed E-state index contributed by atoms with van der Waals surface area (Å²) < 4.78 is 5.55. The molecular weight excluding hydrogens is 258 g/mol. The number of nitrogens with zero attached hydrogens (tertiary/aromatic N) is 1. The zero-order chi connectivity index (χ0) is 14.5. The smallest absolute Gasteiger partial charge is 0.326 e. The van der Waals surface area contributed by atoms with Crippen molar-refractivity contribution >= 4 is 11.9 Å². The Hall–Kier alpha value is -1.88. The van der Waals surface area contributed by atoms with Gasteiger partial charge in [-0.3, -0.25) is 4.79 Å². The number of hydrogen-bond donors (Lipinski definition) is 1. The molecule has 2 rings (SSSR count). The zero-order valence-electron chi connectivity index (χ0n) is 11.5. The monoisotopic (exact) mass is 277 g/mol. The van der Waals surface area contributed by atoms with Crippen LogP contribution in [0.3, 0.4) is 0 Å². The average Bonchev–Trinajstić information content (AvgIpc) is 2.94. The predicted octanol–water partition coefficient (Wildman–Crippen LogP) is 1.67. The van der Waals surface area contributed by atoms with E-state index in [9.17, 15) is 9.59 Å². The Morgan fingerprint density at radius 2 is 2.10 bits per heavy atom. The highest BCUT2D eigenvalue weighted by Gasteiger charge is 2.36. The summed E-state index contributed by atoms with van der Waals surface area (Å²) in [5.74, 6) is -1.18. The molecule has 20 heavy (non-hydrogen) atoms. The molecule has 1 aliphatic heterocycles. The lowest BCUT2D eigenvalue weighted by atomic mass is 10.2. The van der Waals surface area contributed by atoms with E-state index in [1.165, 1.54) is 4.90 Å². The van der Waals surface area contributed by atoms with Gasteiger partial charge >= 0.3 is 5.97 Å². The van der Waals surface area contributed by atoms with Gasteiger partial charge in [-0.1, -0.05) is 30.3 Å². The second-order valence-electron chi connectivity index (χ2n) is 4.97. The van der Waals surface area contributed by atoms with Gasteiger partial charge in [0.15, 0.2) is 0 Å². The molecule has 1 saturated heterocycles. The number of benzene rings is 1. The van der Waals surface area contributed by atoms with Crippen LogP contribution in [0.25, 0.3) is 0 Å². The highest BCUT2D eigenvalue weighted by Crippen LogP contribution is 2.19. The van der Waals surface area contributed by atoms with Crippen LogP contribution < -0.4 is 0 Å². The fraction of sp³-hybridized carbons (Fsp3) is 0.467. The molecule has 1 unspecified atom stereocenters. The molecule has 1 aromatic rings. The van der Waals surface area contributed by atoms with E-state index in [0.717, 1.165) is 12.0 Å². The molecule has 2 atom stereocenters. The van der Waals surface area contributed by atoms with Crippen molar-refractivity contribution in [3.63, 3.8) is 0 Å². The summed E-state index contributed by atoms with van der Waals surface area (Å²) in [6.07, 6.45) is 0.621. The minimum atomic E-state index is -0.939. The first-order chi connectivity index (χ1) is 9.59. The van der Waals surface area contributed by atoms with Gasteiger partial charge in [-0.15, -0.1) is 0 Å². The van der Waals surface area contributed by atoms with Gasteiger partial charge in [0.2, 0.25) is 0 Å². The molecule has 0 bridgehead atoms. The van der Waals surface area contributed by atoms with E-state index >= 15 is 0 Å². The van der Waals surface area contributed by atoms with Crippen molar-refractivity contribution < 1.29 is 19.4 Å². The zero-order valence-corrected chi connectivity index (χ0v) is 11.5. The van der Waals surface area contributed by atoms with Crippen LogP contribution >= 0.6 is 0 Å². The van der Waals surface area contributed by atoms with Gasteiger partial charge in [-0.2, -0.15) is 0 Å². The molecule has 1 heterocycles. The fourth-order valence-electron chi connectivity index (χ4n) is 2.39. The van der Waals surface area contributed by atoms with E-state index in [1.54, 1.807) is 6.92 Å². The molecule has 108 valence electrons. The van der Waals surface area contributed by atoms with Crippen LogP contribution in [0.1, 0.15) is 25.3 Å².